The molecule has 2 aromatic carbocycles. The Hall–Kier alpha value is -1.70. The van der Waals surface area contributed by atoms with Crippen LogP contribution in [0.25, 0.3) is 10.8 Å². The van der Waals surface area contributed by atoms with Gasteiger partial charge in [0.1, 0.15) is 11.5 Å². The Morgan fingerprint density at radius 2 is 1.67 bits per heavy atom. The van der Waals surface area contributed by atoms with E-state index < -0.39 is 0 Å². The third-order valence-corrected chi connectivity index (χ3v) is 4.81. The van der Waals surface area contributed by atoms with E-state index in [0.717, 1.165) is 46.7 Å². The zero-order valence-corrected chi connectivity index (χ0v) is 10.4. The molecule has 0 amide bonds. The minimum atomic E-state index is 0.411. The van der Waals surface area contributed by atoms with Crippen LogP contribution in [0, 0.1) is 6.92 Å². The summed E-state index contributed by atoms with van der Waals surface area (Å²) in [7, 11) is 0. The van der Waals surface area contributed by atoms with Crippen LogP contribution in [0.15, 0.2) is 18.2 Å². The van der Waals surface area contributed by atoms with Gasteiger partial charge < -0.3 is 10.2 Å². The first-order valence-corrected chi connectivity index (χ1v) is 6.65. The van der Waals surface area contributed by atoms with Gasteiger partial charge >= 0.3 is 0 Å². The maximum absolute atomic E-state index is 10.6. The molecule has 2 atom stereocenters. The van der Waals surface area contributed by atoms with Gasteiger partial charge in [-0.1, -0.05) is 18.2 Å². The van der Waals surface area contributed by atoms with Crippen LogP contribution < -0.4 is 0 Å². The number of rotatable bonds is 0. The maximum Gasteiger partial charge on any atom is 0.127 e. The number of fused-ring (bicyclic) bond motifs is 6. The molecule has 2 aromatic rings. The van der Waals surface area contributed by atoms with E-state index in [9.17, 15) is 10.2 Å². The molecule has 4 rings (SSSR count). The highest BCUT2D eigenvalue weighted by Gasteiger charge is 2.41. The van der Waals surface area contributed by atoms with Crippen LogP contribution in [-0.2, 0) is 0 Å². The molecular weight excluding hydrogens is 224 g/mol. The van der Waals surface area contributed by atoms with Gasteiger partial charge in [-0.2, -0.15) is 0 Å². The van der Waals surface area contributed by atoms with Crippen molar-refractivity contribution in [2.75, 3.05) is 0 Å². The van der Waals surface area contributed by atoms with E-state index in [2.05, 4.69) is 0 Å². The average Bonchev–Trinajstić information content (AvgIpc) is 2.96. The Kier molecular flexibility index (Phi) is 1.82. The van der Waals surface area contributed by atoms with Crippen molar-refractivity contribution >= 4 is 10.8 Å². The van der Waals surface area contributed by atoms with Crippen molar-refractivity contribution in [2.24, 2.45) is 0 Å². The molecule has 92 valence electrons. The highest BCUT2D eigenvalue weighted by molar-refractivity contribution is 5.98. The summed E-state index contributed by atoms with van der Waals surface area (Å²) in [5, 5.41) is 22.8. The molecule has 0 radical (unpaired) electrons. The monoisotopic (exact) mass is 240 g/mol. The van der Waals surface area contributed by atoms with Crippen molar-refractivity contribution < 1.29 is 10.2 Å². The predicted octanol–water partition coefficient (Wildman–Crippen LogP) is 3.92. The van der Waals surface area contributed by atoms with Crippen molar-refractivity contribution in [3.63, 3.8) is 0 Å². The fourth-order valence-electron chi connectivity index (χ4n) is 4.05. The molecule has 2 N–H and O–H groups in total. The van der Waals surface area contributed by atoms with Gasteiger partial charge in [0.25, 0.3) is 0 Å². The second-order valence-corrected chi connectivity index (χ2v) is 5.73. The van der Waals surface area contributed by atoms with Gasteiger partial charge in [0.15, 0.2) is 0 Å². The second kappa shape index (κ2) is 3.19. The summed E-state index contributed by atoms with van der Waals surface area (Å²) >= 11 is 0. The molecular formula is C16H16O2. The number of aromatic hydroxyl groups is 2. The van der Waals surface area contributed by atoms with Crippen LogP contribution >= 0.6 is 0 Å². The molecule has 2 aliphatic rings. The maximum atomic E-state index is 10.6. The summed E-state index contributed by atoms with van der Waals surface area (Å²) in [6.07, 6.45) is 3.41. The Morgan fingerprint density at radius 3 is 2.39 bits per heavy atom. The molecule has 1 fully saturated rings. The lowest BCUT2D eigenvalue weighted by atomic mass is 9.86. The molecule has 2 heteroatoms. The lowest BCUT2D eigenvalue weighted by molar-refractivity contribution is 0.451. The molecule has 0 saturated heterocycles. The smallest absolute Gasteiger partial charge is 0.127 e. The third kappa shape index (κ3) is 1.04. The summed E-state index contributed by atoms with van der Waals surface area (Å²) in [4.78, 5) is 0. The SMILES string of the molecule is Cc1cccc2c(O)c3c(c(O)c12)C1CCC3C1. The summed E-state index contributed by atoms with van der Waals surface area (Å²) in [6, 6.07) is 5.83. The van der Waals surface area contributed by atoms with Gasteiger partial charge in [-0.25, -0.2) is 0 Å². The largest absolute Gasteiger partial charge is 0.507 e. The van der Waals surface area contributed by atoms with Crippen molar-refractivity contribution in [1.82, 2.24) is 0 Å². The molecule has 0 aliphatic heterocycles. The van der Waals surface area contributed by atoms with E-state index in [1.807, 2.05) is 25.1 Å². The zero-order chi connectivity index (χ0) is 12.4. The summed E-state index contributed by atoms with van der Waals surface area (Å²) < 4.78 is 0. The minimum Gasteiger partial charge on any atom is -0.507 e. The molecule has 2 unspecified atom stereocenters. The Bertz CT molecular complexity index is 673. The highest BCUT2D eigenvalue weighted by Crippen LogP contribution is 2.60. The van der Waals surface area contributed by atoms with Gasteiger partial charge in [0.05, 0.1) is 0 Å². The number of aryl methyl sites for hydroxylation is 1. The summed E-state index contributed by atoms with van der Waals surface area (Å²) in [6.45, 7) is 1.99. The Morgan fingerprint density at radius 1 is 1.00 bits per heavy atom. The van der Waals surface area contributed by atoms with E-state index >= 15 is 0 Å². The fourth-order valence-corrected chi connectivity index (χ4v) is 4.05. The van der Waals surface area contributed by atoms with Crippen molar-refractivity contribution in [3.8, 4) is 11.5 Å². The standard InChI is InChI=1S/C16H16O2/c1-8-3-2-4-11-12(8)16(18)14-10-6-5-9(7-10)13(14)15(11)17/h2-4,9-10,17-18H,5-7H2,1H3. The Balaban J connectivity index is 2.20. The topological polar surface area (TPSA) is 40.5 Å². The van der Waals surface area contributed by atoms with Crippen LogP contribution in [0.5, 0.6) is 11.5 Å². The highest BCUT2D eigenvalue weighted by atomic mass is 16.3. The third-order valence-electron chi connectivity index (χ3n) is 4.81. The van der Waals surface area contributed by atoms with Gasteiger partial charge in [-0.15, -0.1) is 0 Å². The van der Waals surface area contributed by atoms with E-state index in [4.69, 9.17) is 0 Å². The van der Waals surface area contributed by atoms with Crippen LogP contribution in [-0.4, -0.2) is 10.2 Å². The number of phenols is 2. The first-order valence-electron chi connectivity index (χ1n) is 6.65. The summed E-state index contributed by atoms with van der Waals surface area (Å²) in [5.41, 5.74) is 3.10. The molecule has 0 heterocycles. The lowest BCUT2D eigenvalue weighted by Crippen LogP contribution is -2.00. The van der Waals surface area contributed by atoms with Crippen LogP contribution in [0.3, 0.4) is 0 Å². The number of phenolic OH excluding ortho intramolecular Hbond substituents is 2. The lowest BCUT2D eigenvalue weighted by Gasteiger charge is -2.20. The average molecular weight is 240 g/mol. The van der Waals surface area contributed by atoms with E-state index in [-0.39, 0.29) is 0 Å². The van der Waals surface area contributed by atoms with Crippen LogP contribution in [0.2, 0.25) is 0 Å². The molecule has 0 aromatic heterocycles. The van der Waals surface area contributed by atoms with E-state index in [1.165, 1.54) is 0 Å². The number of hydrogen-bond donors (Lipinski definition) is 2. The molecule has 1 saturated carbocycles. The van der Waals surface area contributed by atoms with E-state index in [1.54, 1.807) is 0 Å². The van der Waals surface area contributed by atoms with Crippen molar-refractivity contribution in [2.45, 2.75) is 38.0 Å². The molecule has 2 nitrogen and oxygen atoms in total. The normalized spacial score (nSPS) is 24.7. The number of benzene rings is 2. The number of hydrogen-bond acceptors (Lipinski definition) is 2. The summed E-state index contributed by atoms with van der Waals surface area (Å²) in [5.74, 6) is 1.75. The quantitative estimate of drug-likeness (QED) is 0.685. The first-order chi connectivity index (χ1) is 8.68. The Labute approximate surface area is 106 Å². The van der Waals surface area contributed by atoms with Gasteiger partial charge in [-0.3, -0.25) is 0 Å². The van der Waals surface area contributed by atoms with Gasteiger partial charge in [-0.05, 0) is 43.6 Å². The van der Waals surface area contributed by atoms with E-state index in [0.29, 0.717) is 23.3 Å². The van der Waals surface area contributed by atoms with Gasteiger partial charge in [0.2, 0.25) is 0 Å². The van der Waals surface area contributed by atoms with Gasteiger partial charge in [0, 0.05) is 21.9 Å². The molecule has 2 bridgehead atoms. The predicted molar refractivity (Wildman–Crippen MR) is 71.3 cm³/mol. The fraction of sp³-hybridized carbons (Fsp3) is 0.375. The van der Waals surface area contributed by atoms with Crippen LogP contribution in [0.1, 0.15) is 47.8 Å². The van der Waals surface area contributed by atoms with Crippen molar-refractivity contribution in [3.05, 3.63) is 34.9 Å². The first kappa shape index (κ1) is 10.2. The zero-order valence-electron chi connectivity index (χ0n) is 10.4. The molecule has 2 aliphatic carbocycles. The molecule has 18 heavy (non-hydrogen) atoms. The minimum absolute atomic E-state index is 0.411. The second-order valence-electron chi connectivity index (χ2n) is 5.73. The van der Waals surface area contributed by atoms with Crippen molar-refractivity contribution in [1.29, 1.82) is 0 Å². The molecule has 0 spiro atoms. The van der Waals surface area contributed by atoms with Crippen LogP contribution in [0.4, 0.5) is 0 Å².